The molecule has 5 nitrogen and oxygen atoms in total. The van der Waals surface area contributed by atoms with Crippen molar-refractivity contribution in [1.29, 1.82) is 0 Å². The van der Waals surface area contributed by atoms with E-state index in [1.165, 1.54) is 21.5 Å². The predicted octanol–water partition coefficient (Wildman–Crippen LogP) is 5.56. The second-order valence-electron chi connectivity index (χ2n) is 8.09. The van der Waals surface area contributed by atoms with Gasteiger partial charge in [-0.3, -0.25) is 9.36 Å². The van der Waals surface area contributed by atoms with Crippen molar-refractivity contribution in [2.45, 2.75) is 46.1 Å². The molecule has 4 aromatic rings. The number of benzene rings is 2. The van der Waals surface area contributed by atoms with E-state index in [1.807, 2.05) is 48.7 Å². The van der Waals surface area contributed by atoms with Crippen LogP contribution in [0.2, 0.25) is 0 Å². The first kappa shape index (κ1) is 22.0. The van der Waals surface area contributed by atoms with Gasteiger partial charge in [0.1, 0.15) is 16.7 Å². The summed E-state index contributed by atoms with van der Waals surface area (Å²) < 4.78 is 1.36. The van der Waals surface area contributed by atoms with E-state index in [0.717, 1.165) is 28.7 Å². The van der Waals surface area contributed by atoms with Crippen molar-refractivity contribution in [3.63, 3.8) is 0 Å². The van der Waals surface area contributed by atoms with Crippen LogP contribution in [0.3, 0.4) is 0 Å². The standard InChI is InChI=1S/C26H26N2O3S/c1-4-18-9-12-20(13-10-18)21-15-32-24-23(21)25(29)28(17(3)27-24)22(26(30)31)14-11-19-7-5-16(2)6-8-19/h5-10,12-13,15,22H,4,11,14H2,1-3H3,(H,30,31). The summed E-state index contributed by atoms with van der Waals surface area (Å²) in [5, 5.41) is 12.4. The number of hydrogen-bond acceptors (Lipinski definition) is 4. The van der Waals surface area contributed by atoms with Crippen molar-refractivity contribution >= 4 is 27.5 Å². The van der Waals surface area contributed by atoms with Gasteiger partial charge in [-0.1, -0.05) is 61.0 Å². The van der Waals surface area contributed by atoms with Crippen LogP contribution in [0, 0.1) is 13.8 Å². The first-order valence-corrected chi connectivity index (χ1v) is 11.6. The summed E-state index contributed by atoms with van der Waals surface area (Å²) in [6.45, 7) is 5.82. The summed E-state index contributed by atoms with van der Waals surface area (Å²) >= 11 is 1.42. The molecule has 0 radical (unpaired) electrons. The van der Waals surface area contributed by atoms with E-state index in [-0.39, 0.29) is 5.56 Å². The number of thiophene rings is 1. The number of aliphatic carboxylic acids is 1. The minimum absolute atomic E-state index is 0.292. The molecule has 0 fully saturated rings. The molecule has 32 heavy (non-hydrogen) atoms. The van der Waals surface area contributed by atoms with Gasteiger partial charge in [0, 0.05) is 10.9 Å². The topological polar surface area (TPSA) is 72.2 Å². The van der Waals surface area contributed by atoms with Gasteiger partial charge in [-0.25, -0.2) is 9.78 Å². The average molecular weight is 447 g/mol. The van der Waals surface area contributed by atoms with Gasteiger partial charge < -0.3 is 5.11 Å². The van der Waals surface area contributed by atoms with Crippen molar-refractivity contribution in [3.05, 3.63) is 86.8 Å². The third-order valence-electron chi connectivity index (χ3n) is 5.91. The summed E-state index contributed by atoms with van der Waals surface area (Å²) in [6, 6.07) is 15.2. The third-order valence-corrected chi connectivity index (χ3v) is 6.79. The van der Waals surface area contributed by atoms with E-state index in [2.05, 4.69) is 24.0 Å². The fraction of sp³-hybridized carbons (Fsp3) is 0.269. The second kappa shape index (κ2) is 9.09. The lowest BCUT2D eigenvalue weighted by molar-refractivity contribution is -0.141. The number of fused-ring (bicyclic) bond motifs is 1. The molecule has 2 aromatic carbocycles. The van der Waals surface area contributed by atoms with Gasteiger partial charge in [-0.2, -0.15) is 0 Å². The Kier molecular flexibility index (Phi) is 6.24. The summed E-state index contributed by atoms with van der Waals surface area (Å²) in [6.07, 6.45) is 1.83. The van der Waals surface area contributed by atoms with Crippen LogP contribution in [0.4, 0.5) is 0 Å². The van der Waals surface area contributed by atoms with Gasteiger partial charge in [0.2, 0.25) is 0 Å². The maximum absolute atomic E-state index is 13.6. The molecule has 4 rings (SSSR count). The van der Waals surface area contributed by atoms with Gasteiger partial charge >= 0.3 is 5.97 Å². The van der Waals surface area contributed by atoms with E-state index in [0.29, 0.717) is 28.9 Å². The van der Waals surface area contributed by atoms with Crippen LogP contribution in [0.5, 0.6) is 0 Å². The molecule has 0 saturated carbocycles. The van der Waals surface area contributed by atoms with E-state index >= 15 is 0 Å². The van der Waals surface area contributed by atoms with Crippen molar-refractivity contribution in [1.82, 2.24) is 9.55 Å². The zero-order valence-electron chi connectivity index (χ0n) is 18.5. The SMILES string of the molecule is CCc1ccc(-c2csc3nc(C)n(C(CCc4ccc(C)cc4)C(=O)O)c(=O)c23)cc1. The third kappa shape index (κ3) is 4.23. The Morgan fingerprint density at radius 2 is 1.72 bits per heavy atom. The smallest absolute Gasteiger partial charge is 0.326 e. The Morgan fingerprint density at radius 3 is 2.34 bits per heavy atom. The molecule has 0 aliphatic carbocycles. The largest absolute Gasteiger partial charge is 0.480 e. The van der Waals surface area contributed by atoms with Crippen LogP contribution in [0.15, 0.2) is 58.7 Å². The zero-order valence-corrected chi connectivity index (χ0v) is 19.3. The number of aromatic nitrogens is 2. The highest BCUT2D eigenvalue weighted by molar-refractivity contribution is 7.17. The Morgan fingerprint density at radius 1 is 1.06 bits per heavy atom. The summed E-state index contributed by atoms with van der Waals surface area (Å²) in [5.41, 5.74) is 4.88. The van der Waals surface area contributed by atoms with Crippen LogP contribution in [0.1, 0.15) is 41.9 Å². The number of rotatable bonds is 7. The molecule has 1 unspecified atom stereocenters. The molecule has 2 heterocycles. The molecule has 6 heteroatoms. The molecule has 1 atom stereocenters. The Labute approximate surface area is 191 Å². The van der Waals surface area contributed by atoms with Crippen molar-refractivity contribution in [3.8, 4) is 11.1 Å². The van der Waals surface area contributed by atoms with Crippen molar-refractivity contribution in [2.75, 3.05) is 0 Å². The molecule has 1 N–H and O–H groups in total. The molecule has 0 aliphatic rings. The zero-order chi connectivity index (χ0) is 22.8. The van der Waals surface area contributed by atoms with Crippen molar-refractivity contribution < 1.29 is 9.90 Å². The number of hydrogen-bond donors (Lipinski definition) is 1. The number of aryl methyl sites for hydroxylation is 4. The molecule has 0 amide bonds. The second-order valence-corrected chi connectivity index (χ2v) is 8.95. The van der Waals surface area contributed by atoms with Gasteiger partial charge in [0.15, 0.2) is 0 Å². The Bertz CT molecular complexity index is 1320. The minimum Gasteiger partial charge on any atom is -0.480 e. The number of carbonyl (C=O) groups is 1. The minimum atomic E-state index is -1.02. The summed E-state index contributed by atoms with van der Waals surface area (Å²) in [4.78, 5) is 31.0. The van der Waals surface area contributed by atoms with E-state index in [4.69, 9.17) is 0 Å². The highest BCUT2D eigenvalue weighted by Crippen LogP contribution is 2.32. The first-order chi connectivity index (χ1) is 15.4. The van der Waals surface area contributed by atoms with Crippen LogP contribution >= 0.6 is 11.3 Å². The van der Waals surface area contributed by atoms with Crippen LogP contribution < -0.4 is 5.56 Å². The molecule has 0 spiro atoms. The van der Waals surface area contributed by atoms with Crippen LogP contribution in [-0.4, -0.2) is 20.6 Å². The lowest BCUT2D eigenvalue weighted by Crippen LogP contribution is -2.32. The lowest BCUT2D eigenvalue weighted by atomic mass is 10.0. The molecule has 2 aromatic heterocycles. The average Bonchev–Trinajstić information content (AvgIpc) is 3.20. The highest BCUT2D eigenvalue weighted by atomic mass is 32.1. The first-order valence-electron chi connectivity index (χ1n) is 10.8. The predicted molar refractivity (Wildman–Crippen MR) is 130 cm³/mol. The molecule has 0 aliphatic heterocycles. The van der Waals surface area contributed by atoms with Crippen LogP contribution in [0.25, 0.3) is 21.3 Å². The molecule has 0 bridgehead atoms. The summed E-state index contributed by atoms with van der Waals surface area (Å²) in [7, 11) is 0. The van der Waals surface area contributed by atoms with Gasteiger partial charge in [0.25, 0.3) is 5.56 Å². The number of carboxylic acids is 1. The van der Waals surface area contributed by atoms with Gasteiger partial charge in [-0.05, 0) is 49.8 Å². The van der Waals surface area contributed by atoms with Gasteiger partial charge in [-0.15, -0.1) is 11.3 Å². The maximum Gasteiger partial charge on any atom is 0.326 e. The van der Waals surface area contributed by atoms with Crippen molar-refractivity contribution in [2.24, 2.45) is 0 Å². The normalized spacial score (nSPS) is 12.2. The lowest BCUT2D eigenvalue weighted by Gasteiger charge is -2.18. The van der Waals surface area contributed by atoms with E-state index in [9.17, 15) is 14.7 Å². The fourth-order valence-corrected chi connectivity index (χ4v) is 5.01. The van der Waals surface area contributed by atoms with Crippen LogP contribution in [-0.2, 0) is 17.6 Å². The molecule has 164 valence electrons. The quantitative estimate of drug-likeness (QED) is 0.403. The maximum atomic E-state index is 13.6. The Balaban J connectivity index is 1.76. The monoisotopic (exact) mass is 446 g/mol. The van der Waals surface area contributed by atoms with E-state index < -0.39 is 12.0 Å². The number of carboxylic acid groups (broad SMARTS) is 1. The highest BCUT2D eigenvalue weighted by Gasteiger charge is 2.25. The summed E-state index contributed by atoms with van der Waals surface area (Å²) in [5.74, 6) is -0.596. The fourth-order valence-electron chi connectivity index (χ4n) is 4.03. The van der Waals surface area contributed by atoms with E-state index in [1.54, 1.807) is 6.92 Å². The molecule has 0 saturated heterocycles. The van der Waals surface area contributed by atoms with Gasteiger partial charge in [0.05, 0.1) is 5.39 Å². The number of nitrogens with zero attached hydrogens (tertiary/aromatic N) is 2. The molecular formula is C26H26N2O3S. The molecular weight excluding hydrogens is 420 g/mol. The Hall–Kier alpha value is -3.25.